The second kappa shape index (κ2) is 5.95. The molecule has 1 saturated heterocycles. The first-order valence-electron chi connectivity index (χ1n) is 6.19. The Morgan fingerprint density at radius 2 is 2.30 bits per heavy atom. The molecule has 1 aliphatic heterocycles. The zero-order valence-electron chi connectivity index (χ0n) is 11.1. The molecular weight excluding hydrogens is 296 g/mol. The summed E-state index contributed by atoms with van der Waals surface area (Å²) in [6.07, 6.45) is 0.510. The zero-order chi connectivity index (χ0) is 14.8. The lowest BCUT2D eigenvalue weighted by Crippen LogP contribution is -2.37. The van der Waals surface area contributed by atoms with Gasteiger partial charge in [-0.15, -0.1) is 11.3 Å². The fourth-order valence-corrected chi connectivity index (χ4v) is 4.72. The summed E-state index contributed by atoms with van der Waals surface area (Å²) in [5.74, 6) is 5.67. The van der Waals surface area contributed by atoms with Gasteiger partial charge in [-0.25, -0.2) is 8.42 Å². The molecule has 1 unspecified atom stereocenters. The van der Waals surface area contributed by atoms with Crippen LogP contribution in [0.5, 0.6) is 0 Å². The Hall–Kier alpha value is -1.36. The first-order valence-corrected chi connectivity index (χ1v) is 8.83. The van der Waals surface area contributed by atoms with Gasteiger partial charge in [0.1, 0.15) is 0 Å². The molecule has 1 atom stereocenters. The molecule has 5 nitrogen and oxygen atoms in total. The van der Waals surface area contributed by atoms with Crippen LogP contribution in [0.15, 0.2) is 12.1 Å². The topological polar surface area (TPSA) is 80.5 Å². The molecule has 1 aromatic heterocycles. The number of amides is 1. The highest BCUT2D eigenvalue weighted by Crippen LogP contribution is 2.22. The van der Waals surface area contributed by atoms with Crippen molar-refractivity contribution in [2.24, 2.45) is 5.73 Å². The van der Waals surface area contributed by atoms with Crippen molar-refractivity contribution in [3.63, 3.8) is 0 Å². The van der Waals surface area contributed by atoms with Crippen molar-refractivity contribution in [1.29, 1.82) is 0 Å². The predicted octanol–water partition coefficient (Wildman–Crippen LogP) is 0.317. The van der Waals surface area contributed by atoms with E-state index in [4.69, 9.17) is 5.73 Å². The Morgan fingerprint density at radius 3 is 2.90 bits per heavy atom. The fraction of sp³-hybridized carbons (Fsp3) is 0.462. The van der Waals surface area contributed by atoms with Crippen molar-refractivity contribution in [2.45, 2.75) is 12.5 Å². The van der Waals surface area contributed by atoms with Gasteiger partial charge in [-0.3, -0.25) is 4.79 Å². The van der Waals surface area contributed by atoms with Gasteiger partial charge < -0.3 is 10.6 Å². The monoisotopic (exact) mass is 312 g/mol. The second-order valence-corrected chi connectivity index (χ2v) is 7.96. The van der Waals surface area contributed by atoms with Crippen LogP contribution in [0.1, 0.15) is 21.0 Å². The van der Waals surface area contributed by atoms with Crippen molar-refractivity contribution in [2.75, 3.05) is 25.1 Å². The summed E-state index contributed by atoms with van der Waals surface area (Å²) >= 11 is 1.30. The van der Waals surface area contributed by atoms with E-state index < -0.39 is 9.84 Å². The van der Waals surface area contributed by atoms with E-state index in [1.54, 1.807) is 19.2 Å². The molecule has 0 aromatic carbocycles. The minimum absolute atomic E-state index is 0.0560. The molecule has 0 aliphatic carbocycles. The summed E-state index contributed by atoms with van der Waals surface area (Å²) in [5, 5.41) is 0. The van der Waals surface area contributed by atoms with Crippen LogP contribution < -0.4 is 5.73 Å². The molecule has 1 aliphatic rings. The van der Waals surface area contributed by atoms with Crippen LogP contribution in [0.25, 0.3) is 0 Å². The van der Waals surface area contributed by atoms with Gasteiger partial charge in [-0.1, -0.05) is 11.8 Å². The molecule has 2 N–H and O–H groups in total. The molecule has 2 rings (SSSR count). The molecule has 7 heteroatoms. The molecule has 2 heterocycles. The van der Waals surface area contributed by atoms with E-state index in [2.05, 4.69) is 11.8 Å². The number of hydrogen-bond donors (Lipinski definition) is 1. The summed E-state index contributed by atoms with van der Waals surface area (Å²) in [6.45, 7) is 0.279. The minimum Gasteiger partial charge on any atom is -0.337 e. The van der Waals surface area contributed by atoms with E-state index in [0.29, 0.717) is 11.3 Å². The number of sulfone groups is 1. The average Bonchev–Trinajstić information content (AvgIpc) is 3.01. The lowest BCUT2D eigenvalue weighted by atomic mass is 10.2. The minimum atomic E-state index is -2.99. The number of nitrogens with two attached hydrogens (primary N) is 1. The lowest BCUT2D eigenvalue weighted by molar-refractivity contribution is 0.0752. The van der Waals surface area contributed by atoms with Gasteiger partial charge in [0.05, 0.1) is 27.8 Å². The first kappa shape index (κ1) is 15.0. The van der Waals surface area contributed by atoms with E-state index in [1.807, 2.05) is 0 Å². The number of carbonyl (C=O) groups is 1. The summed E-state index contributed by atoms with van der Waals surface area (Å²) in [6, 6.07) is 3.26. The summed E-state index contributed by atoms with van der Waals surface area (Å²) in [7, 11) is -1.34. The summed E-state index contributed by atoms with van der Waals surface area (Å²) < 4.78 is 22.9. The third kappa shape index (κ3) is 3.39. The molecule has 20 heavy (non-hydrogen) atoms. The average molecular weight is 312 g/mol. The summed E-state index contributed by atoms with van der Waals surface area (Å²) in [5.41, 5.74) is 5.30. The molecule has 0 spiro atoms. The highest BCUT2D eigenvalue weighted by molar-refractivity contribution is 7.91. The van der Waals surface area contributed by atoms with E-state index in [1.165, 1.54) is 16.2 Å². The van der Waals surface area contributed by atoms with Crippen molar-refractivity contribution >= 4 is 27.1 Å². The zero-order valence-corrected chi connectivity index (χ0v) is 12.8. The van der Waals surface area contributed by atoms with Gasteiger partial charge in [0, 0.05) is 13.1 Å². The third-order valence-electron chi connectivity index (χ3n) is 3.21. The van der Waals surface area contributed by atoms with Crippen LogP contribution in [0.3, 0.4) is 0 Å². The molecule has 0 saturated carbocycles. The highest BCUT2D eigenvalue weighted by atomic mass is 32.2. The normalized spacial score (nSPS) is 20.2. The van der Waals surface area contributed by atoms with Crippen LogP contribution in [-0.4, -0.2) is 50.4 Å². The van der Waals surface area contributed by atoms with E-state index in [-0.39, 0.29) is 30.0 Å². The van der Waals surface area contributed by atoms with Crippen molar-refractivity contribution in [1.82, 2.24) is 4.90 Å². The molecule has 1 fully saturated rings. The number of carbonyl (C=O) groups excluding carboxylic acids is 1. The SMILES string of the molecule is CN(C(=O)c1ccc(C#CCN)s1)C1CCS(=O)(=O)C1. The van der Waals surface area contributed by atoms with Crippen LogP contribution >= 0.6 is 11.3 Å². The number of rotatable bonds is 2. The van der Waals surface area contributed by atoms with Crippen molar-refractivity contribution < 1.29 is 13.2 Å². The molecule has 0 bridgehead atoms. The molecular formula is C13H16N2O3S2. The van der Waals surface area contributed by atoms with Crippen LogP contribution in [0, 0.1) is 11.8 Å². The fourth-order valence-electron chi connectivity index (χ4n) is 2.08. The maximum atomic E-state index is 12.3. The lowest BCUT2D eigenvalue weighted by Gasteiger charge is -2.22. The quantitative estimate of drug-likeness (QED) is 0.797. The third-order valence-corrected chi connectivity index (χ3v) is 5.95. The Labute approximate surface area is 122 Å². The van der Waals surface area contributed by atoms with Gasteiger partial charge in [0.25, 0.3) is 5.91 Å². The van der Waals surface area contributed by atoms with Crippen LogP contribution in [0.2, 0.25) is 0 Å². The summed E-state index contributed by atoms with van der Waals surface area (Å²) in [4.78, 5) is 15.2. The predicted molar refractivity (Wildman–Crippen MR) is 79.4 cm³/mol. The van der Waals surface area contributed by atoms with E-state index in [9.17, 15) is 13.2 Å². The number of thiophene rings is 1. The van der Waals surface area contributed by atoms with Gasteiger partial charge in [-0.05, 0) is 18.6 Å². The van der Waals surface area contributed by atoms with Gasteiger partial charge in [-0.2, -0.15) is 0 Å². The number of nitrogens with zero attached hydrogens (tertiary/aromatic N) is 1. The Balaban J connectivity index is 2.09. The molecule has 108 valence electrons. The standard InChI is InChI=1S/C13H16N2O3S2/c1-15(10-6-8-20(17,18)9-10)13(16)12-5-4-11(19-12)3-2-7-14/h4-5,10H,6-9,14H2,1H3. The maximum Gasteiger partial charge on any atom is 0.263 e. The molecule has 1 amide bonds. The Morgan fingerprint density at radius 1 is 1.55 bits per heavy atom. The van der Waals surface area contributed by atoms with Crippen LogP contribution in [-0.2, 0) is 9.84 Å². The Kier molecular flexibility index (Phi) is 4.48. The smallest absolute Gasteiger partial charge is 0.263 e. The second-order valence-electron chi connectivity index (χ2n) is 4.64. The number of hydrogen-bond acceptors (Lipinski definition) is 5. The maximum absolute atomic E-state index is 12.3. The largest absolute Gasteiger partial charge is 0.337 e. The van der Waals surface area contributed by atoms with Gasteiger partial charge in [0.2, 0.25) is 0 Å². The van der Waals surface area contributed by atoms with E-state index in [0.717, 1.165) is 4.88 Å². The van der Waals surface area contributed by atoms with Crippen LogP contribution in [0.4, 0.5) is 0 Å². The highest BCUT2D eigenvalue weighted by Gasteiger charge is 2.33. The molecule has 0 radical (unpaired) electrons. The van der Waals surface area contributed by atoms with Gasteiger partial charge >= 0.3 is 0 Å². The molecule has 1 aromatic rings. The van der Waals surface area contributed by atoms with E-state index >= 15 is 0 Å². The van der Waals surface area contributed by atoms with Gasteiger partial charge in [0.15, 0.2) is 9.84 Å². The Bertz CT molecular complexity index is 667. The van der Waals surface area contributed by atoms with Crippen molar-refractivity contribution in [3.05, 3.63) is 21.9 Å². The van der Waals surface area contributed by atoms with Crippen molar-refractivity contribution in [3.8, 4) is 11.8 Å². The first-order chi connectivity index (χ1) is 9.43.